The Bertz CT molecular complexity index is 4370. The highest BCUT2D eigenvalue weighted by molar-refractivity contribution is 7.91. The number of aryl methyl sites for hydroxylation is 2. The van der Waals surface area contributed by atoms with Gasteiger partial charge in [-0.2, -0.15) is 0 Å². The Morgan fingerprint density at radius 1 is 0.436 bits per heavy atom. The normalized spacial score (nSPS) is 12.4. The summed E-state index contributed by atoms with van der Waals surface area (Å²) in [5.41, 5.74) is 2.10. The van der Waals surface area contributed by atoms with Crippen LogP contribution in [0.3, 0.4) is 0 Å². The zero-order valence-corrected chi connectivity index (χ0v) is 58.0. The summed E-state index contributed by atoms with van der Waals surface area (Å²) < 4.78 is 115. The summed E-state index contributed by atoms with van der Waals surface area (Å²) in [5.74, 6) is 3.95. The second kappa shape index (κ2) is 33.7. The minimum Gasteiger partial charge on any atom is -0.488 e. The molecule has 94 heavy (non-hydrogen) atoms. The zero-order chi connectivity index (χ0) is 68.3. The van der Waals surface area contributed by atoms with Gasteiger partial charge >= 0.3 is 0 Å². The van der Waals surface area contributed by atoms with Crippen LogP contribution in [-0.2, 0) is 58.2 Å². The monoisotopic (exact) mass is 1400 g/mol. The maximum absolute atomic E-state index is 12.7. The van der Waals surface area contributed by atoms with E-state index in [-0.39, 0.29) is 70.1 Å². The van der Waals surface area contributed by atoms with Crippen LogP contribution in [-0.4, -0.2) is 134 Å². The first-order valence-corrected chi connectivity index (χ1v) is 37.0. The van der Waals surface area contributed by atoms with Crippen molar-refractivity contribution in [2.45, 2.75) is 86.9 Å². The molecule has 498 valence electrons. The molecule has 3 aromatic heterocycles. The van der Waals surface area contributed by atoms with Gasteiger partial charge in [-0.05, 0) is 161 Å². The maximum atomic E-state index is 12.7. The smallest absolute Gasteiger partial charge is 0.195 e. The van der Waals surface area contributed by atoms with Crippen LogP contribution in [0.1, 0.15) is 76.6 Å². The van der Waals surface area contributed by atoms with Crippen molar-refractivity contribution in [3.05, 3.63) is 193 Å². The molecule has 0 aliphatic rings. The Morgan fingerprint density at radius 3 is 1.01 bits per heavy atom. The minimum atomic E-state index is -3.30. The van der Waals surface area contributed by atoms with Crippen molar-refractivity contribution in [2.24, 2.45) is 0 Å². The highest BCUT2D eigenvalue weighted by atomic mass is 32.2. The number of ketones is 3. The third kappa shape index (κ3) is 23.3. The Hall–Kier alpha value is -8.25. The Kier molecular flexibility index (Phi) is 26.3. The number of rotatable bonds is 29. The van der Waals surface area contributed by atoms with Gasteiger partial charge in [-0.25, -0.2) is 40.2 Å². The number of sulfone groups is 3. The highest BCUT2D eigenvalue weighted by Crippen LogP contribution is 2.34. The van der Waals surface area contributed by atoms with Gasteiger partial charge in [0.25, 0.3) is 0 Å². The molecule has 0 aliphatic heterocycles. The molecule has 0 unspecified atom stereocenters. The largest absolute Gasteiger partial charge is 0.488 e. The summed E-state index contributed by atoms with van der Waals surface area (Å²) in [4.78, 5) is 52.7. The first-order chi connectivity index (χ1) is 44.5. The van der Waals surface area contributed by atoms with E-state index in [0.717, 1.165) is 28.5 Å². The topological polar surface area (TPSA) is 286 Å². The van der Waals surface area contributed by atoms with Crippen LogP contribution in [0, 0.1) is 13.8 Å². The summed E-state index contributed by atoms with van der Waals surface area (Å²) in [6, 6.07) is 34.0. The van der Waals surface area contributed by atoms with Crippen molar-refractivity contribution in [1.82, 2.24) is 15.0 Å². The van der Waals surface area contributed by atoms with E-state index in [9.17, 15) is 44.7 Å². The molecule has 0 fully saturated rings. The number of methoxy groups -OCH3 is 2. The molecule has 0 bridgehead atoms. The van der Waals surface area contributed by atoms with Crippen LogP contribution < -0.4 is 28.4 Å². The van der Waals surface area contributed by atoms with E-state index < -0.39 is 35.6 Å². The van der Waals surface area contributed by atoms with Gasteiger partial charge in [-0.15, -0.1) is 34.0 Å². The van der Waals surface area contributed by atoms with Gasteiger partial charge in [0, 0.05) is 104 Å². The number of nitrogens with zero attached hydrogens (tertiary/aromatic N) is 3. The molecule has 21 nitrogen and oxygen atoms in total. The fourth-order valence-corrected chi connectivity index (χ4v) is 12.5. The molecular weight excluding hydrogens is 1330 g/mol. The molecule has 9 rings (SSSR count). The lowest BCUT2D eigenvalue weighted by Gasteiger charge is -2.16. The number of Topliss-reactive ketones (excluding diaryl/α,β-unsaturated/α-hetero) is 3. The molecule has 0 saturated heterocycles. The highest BCUT2D eigenvalue weighted by Gasteiger charge is 2.19. The minimum absolute atomic E-state index is 0.0892. The van der Waals surface area contributed by atoms with Gasteiger partial charge in [-0.3, -0.25) is 14.4 Å². The lowest BCUT2D eigenvalue weighted by atomic mass is 10.1. The molecule has 1 N–H and O–H groups in total. The van der Waals surface area contributed by atoms with Gasteiger partial charge < -0.3 is 43.0 Å². The van der Waals surface area contributed by atoms with Crippen molar-refractivity contribution in [3.63, 3.8) is 0 Å². The molecule has 3 heterocycles. The summed E-state index contributed by atoms with van der Waals surface area (Å²) in [6.45, 7) is 9.92. The van der Waals surface area contributed by atoms with E-state index in [0.29, 0.717) is 96.7 Å². The van der Waals surface area contributed by atoms with E-state index >= 15 is 0 Å². The first kappa shape index (κ1) is 73.2. The van der Waals surface area contributed by atoms with Crippen molar-refractivity contribution in [1.29, 1.82) is 0 Å². The lowest BCUT2D eigenvalue weighted by molar-refractivity contribution is 0.0917. The van der Waals surface area contributed by atoms with Gasteiger partial charge in [0.1, 0.15) is 70.1 Å². The number of thiazole rings is 3. The molecule has 0 aliphatic carbocycles. The van der Waals surface area contributed by atoms with Gasteiger partial charge in [-0.1, -0.05) is 0 Å². The number of aliphatic hydroxyl groups excluding tert-OH is 1. The Balaban J connectivity index is 0.000000200. The molecule has 0 saturated carbocycles. The van der Waals surface area contributed by atoms with Crippen molar-refractivity contribution in [2.75, 3.05) is 52.8 Å². The lowest BCUT2D eigenvalue weighted by Crippen LogP contribution is -2.18. The molecule has 6 aromatic carbocycles. The van der Waals surface area contributed by atoms with E-state index in [1.165, 1.54) is 70.4 Å². The maximum Gasteiger partial charge on any atom is 0.195 e. The zero-order valence-electron chi connectivity index (χ0n) is 53.1. The SMILES string of the molecule is COC[C@H](C)Oc1cc(CC(=O)c2ncc(C)s2)cc(Oc2ccc(S(C)(=O)=O)cc2)c1.COC[C@H](C)Oc1cc(CC(=O)c2nccs2)cc(Oc2ccc(S(C)(=O)=O)cc2)c1.Cc1cnc(C(=O)Cc2cc(Oc3ccc(S(C)(=O)=O)cc3)cc(O[C@@H](C)CO)c2)s1. The van der Waals surface area contributed by atoms with Crippen molar-refractivity contribution < 1.29 is 82.6 Å². The number of carbonyl (C=O) groups is 3. The van der Waals surface area contributed by atoms with Crippen LogP contribution in [0.15, 0.2) is 166 Å². The molecule has 9 aromatic rings. The Labute approximate surface area is 559 Å². The summed E-state index contributed by atoms with van der Waals surface area (Å²) in [6.07, 6.45) is 7.95. The molecular formula is C67H71N3O18S6. The summed E-state index contributed by atoms with van der Waals surface area (Å²) >= 11 is 3.99. The fraction of sp³-hybridized carbons (Fsp3) is 0.284. The number of benzene rings is 6. The summed E-state index contributed by atoms with van der Waals surface area (Å²) in [5, 5.41) is 12.4. The van der Waals surface area contributed by atoms with Crippen LogP contribution in [0.25, 0.3) is 0 Å². The van der Waals surface area contributed by atoms with Crippen LogP contribution in [0.4, 0.5) is 0 Å². The predicted octanol–water partition coefficient (Wildman–Crippen LogP) is 12.5. The van der Waals surface area contributed by atoms with Crippen molar-refractivity contribution in [3.8, 4) is 51.7 Å². The molecule has 0 spiro atoms. The molecule has 3 atom stereocenters. The molecule has 27 heteroatoms. The number of aliphatic hydroxyl groups is 1. The van der Waals surface area contributed by atoms with Crippen LogP contribution >= 0.6 is 34.0 Å². The Morgan fingerprint density at radius 2 is 0.745 bits per heavy atom. The predicted molar refractivity (Wildman–Crippen MR) is 359 cm³/mol. The molecule has 0 radical (unpaired) electrons. The van der Waals surface area contributed by atoms with E-state index in [2.05, 4.69) is 15.0 Å². The number of hydrogen-bond donors (Lipinski definition) is 1. The molecule has 0 amide bonds. The second-order valence-corrected chi connectivity index (χ2v) is 31.0. The number of ether oxygens (including phenoxy) is 8. The van der Waals surface area contributed by atoms with E-state index in [4.69, 9.17) is 37.9 Å². The third-order valence-corrected chi connectivity index (χ3v) is 18.9. The number of carbonyl (C=O) groups excluding carboxylic acids is 3. The van der Waals surface area contributed by atoms with Gasteiger partial charge in [0.15, 0.2) is 61.9 Å². The van der Waals surface area contributed by atoms with Gasteiger partial charge in [0.2, 0.25) is 0 Å². The quantitative estimate of drug-likeness (QED) is 0.0426. The third-order valence-electron chi connectivity index (χ3n) is 12.8. The van der Waals surface area contributed by atoms with Gasteiger partial charge in [0.05, 0.1) is 34.5 Å². The van der Waals surface area contributed by atoms with Crippen LogP contribution in [0.2, 0.25) is 0 Å². The summed E-state index contributed by atoms with van der Waals surface area (Å²) in [7, 11) is -6.69. The number of aromatic nitrogens is 3. The van der Waals surface area contributed by atoms with E-state index in [1.807, 2.05) is 27.7 Å². The number of hydrogen-bond acceptors (Lipinski definition) is 24. The van der Waals surface area contributed by atoms with Crippen molar-refractivity contribution >= 4 is 80.9 Å². The first-order valence-electron chi connectivity index (χ1n) is 28.8. The van der Waals surface area contributed by atoms with E-state index in [1.54, 1.807) is 136 Å². The average molecular weight is 1400 g/mol. The second-order valence-electron chi connectivity index (χ2n) is 21.5. The van der Waals surface area contributed by atoms with Crippen LogP contribution in [0.5, 0.6) is 51.7 Å². The average Bonchev–Trinajstić information content (AvgIpc) is 0.944. The fourth-order valence-electron chi connectivity index (χ4n) is 8.64. The standard InChI is InChI=1S/C23H25NO6S2.2C22H23NO6S2/c1-15(14-28-3)29-19-9-17(11-22(25)23-24-13-16(2)31-23)10-20(12-19)30-18-5-7-21(8-6-18)32(4,26)27;1-14(13-24)28-18-8-16(10-21(25)22-23-12-15(2)30-22)9-19(11-18)29-17-4-6-20(7-5-17)31(3,26)27;1-15(14-27-2)28-18-10-16(12-21(24)22-23-8-9-30-22)11-19(13-18)29-17-4-6-20(7-5-17)31(3,25)26/h5-10,12-13,15H,11,14H2,1-4H3;4-9,11-12,14,24H,10,13H2,1-3H3;4-11,13,15H,12,14H2,1-3H3/t15-;14-;15-/m000/s1.